The monoisotopic (exact) mass is 334 g/mol. The smallest absolute Gasteiger partial charge is 0.241 e. The van der Waals surface area contributed by atoms with Gasteiger partial charge in [0.15, 0.2) is 11.5 Å². The van der Waals surface area contributed by atoms with E-state index in [1.807, 2.05) is 0 Å². The first-order valence-electron chi connectivity index (χ1n) is 6.58. The van der Waals surface area contributed by atoms with Crippen LogP contribution >= 0.6 is 12.4 Å². The number of ether oxygens (including phenoxy) is 2. The fraction of sp³-hybridized carbons (Fsp3) is 0.538. The fourth-order valence-electron chi connectivity index (χ4n) is 2.44. The molecule has 0 saturated heterocycles. The van der Waals surface area contributed by atoms with Crippen LogP contribution in [0.2, 0.25) is 0 Å². The number of hydrogen-bond acceptors (Lipinski definition) is 5. The van der Waals surface area contributed by atoms with E-state index in [4.69, 9.17) is 15.2 Å². The van der Waals surface area contributed by atoms with Crippen molar-refractivity contribution in [1.29, 1.82) is 0 Å². The minimum Gasteiger partial charge on any atom is -0.454 e. The molecule has 0 aromatic heterocycles. The molecule has 0 atom stereocenters. The third kappa shape index (κ3) is 3.11. The second-order valence-corrected chi connectivity index (χ2v) is 7.25. The fourth-order valence-corrected chi connectivity index (χ4v) is 3.82. The molecule has 3 rings (SSSR count). The summed E-state index contributed by atoms with van der Waals surface area (Å²) in [4.78, 5) is 0.213. The molecule has 0 spiro atoms. The number of fused-ring (bicyclic) bond motifs is 1. The van der Waals surface area contributed by atoms with E-state index in [9.17, 15) is 8.42 Å². The highest BCUT2D eigenvalue weighted by Gasteiger charge is 2.34. The molecule has 0 bridgehead atoms. The van der Waals surface area contributed by atoms with Crippen LogP contribution in [0.15, 0.2) is 17.0 Å². The number of halogens is 1. The number of benzene rings is 1. The molecule has 118 valence electrons. The van der Waals surface area contributed by atoms with Crippen LogP contribution < -0.4 is 19.9 Å². The van der Waals surface area contributed by atoms with E-state index < -0.39 is 15.6 Å². The Kier molecular flexibility index (Phi) is 4.39. The molecular formula is C13H19ClN2O4S. The molecule has 1 fully saturated rings. The Morgan fingerprint density at radius 2 is 1.90 bits per heavy atom. The van der Waals surface area contributed by atoms with Crippen LogP contribution in [0.4, 0.5) is 0 Å². The van der Waals surface area contributed by atoms with Gasteiger partial charge in [0.1, 0.15) is 0 Å². The average molecular weight is 335 g/mol. The first-order chi connectivity index (χ1) is 9.40. The summed E-state index contributed by atoms with van der Waals surface area (Å²) < 4.78 is 37.8. The van der Waals surface area contributed by atoms with Gasteiger partial charge in [0.2, 0.25) is 16.8 Å². The Balaban J connectivity index is 0.00000161. The van der Waals surface area contributed by atoms with E-state index in [1.165, 1.54) is 6.07 Å². The summed E-state index contributed by atoms with van der Waals surface area (Å²) in [5.74, 6) is 1.04. The van der Waals surface area contributed by atoms with Crippen molar-refractivity contribution in [3.05, 3.63) is 17.7 Å². The van der Waals surface area contributed by atoms with Crippen molar-refractivity contribution in [3.8, 4) is 11.5 Å². The quantitative estimate of drug-likeness (QED) is 0.866. The SMILES string of the molecule is Cc1cc2c(cc1S(=O)(=O)NCC1(N)CCC1)OCO2.Cl. The summed E-state index contributed by atoms with van der Waals surface area (Å²) in [6.45, 7) is 2.12. The minimum atomic E-state index is -3.59. The first-order valence-corrected chi connectivity index (χ1v) is 8.07. The van der Waals surface area contributed by atoms with E-state index in [1.54, 1.807) is 13.0 Å². The second-order valence-electron chi connectivity index (χ2n) is 5.51. The molecule has 0 amide bonds. The van der Waals surface area contributed by atoms with Crippen molar-refractivity contribution < 1.29 is 17.9 Å². The Morgan fingerprint density at radius 3 is 2.48 bits per heavy atom. The molecule has 6 nitrogen and oxygen atoms in total. The zero-order chi connectivity index (χ0) is 14.4. The molecule has 0 radical (unpaired) electrons. The number of rotatable bonds is 4. The molecule has 3 N–H and O–H groups in total. The van der Waals surface area contributed by atoms with Gasteiger partial charge in [0.25, 0.3) is 0 Å². The number of sulfonamides is 1. The Labute approximate surface area is 130 Å². The lowest BCUT2D eigenvalue weighted by atomic mass is 9.78. The Morgan fingerprint density at radius 1 is 1.29 bits per heavy atom. The van der Waals surface area contributed by atoms with Gasteiger partial charge in [0.05, 0.1) is 4.90 Å². The van der Waals surface area contributed by atoms with E-state index in [0.29, 0.717) is 17.1 Å². The van der Waals surface area contributed by atoms with Crippen LogP contribution in [0.3, 0.4) is 0 Å². The van der Waals surface area contributed by atoms with E-state index in [0.717, 1.165) is 19.3 Å². The topological polar surface area (TPSA) is 90.7 Å². The highest BCUT2D eigenvalue weighted by Crippen LogP contribution is 2.36. The van der Waals surface area contributed by atoms with Gasteiger partial charge < -0.3 is 15.2 Å². The van der Waals surface area contributed by atoms with Gasteiger partial charge in [-0.3, -0.25) is 0 Å². The molecule has 8 heteroatoms. The van der Waals surface area contributed by atoms with Crippen LogP contribution in [0.1, 0.15) is 24.8 Å². The van der Waals surface area contributed by atoms with Crippen molar-refractivity contribution in [3.63, 3.8) is 0 Å². The normalized spacial score (nSPS) is 18.8. The molecular weight excluding hydrogens is 316 g/mol. The lowest BCUT2D eigenvalue weighted by Gasteiger charge is -2.38. The van der Waals surface area contributed by atoms with E-state index in [-0.39, 0.29) is 30.6 Å². The van der Waals surface area contributed by atoms with Crippen molar-refractivity contribution in [2.75, 3.05) is 13.3 Å². The van der Waals surface area contributed by atoms with Gasteiger partial charge >= 0.3 is 0 Å². The van der Waals surface area contributed by atoms with E-state index >= 15 is 0 Å². The maximum atomic E-state index is 12.4. The number of hydrogen-bond donors (Lipinski definition) is 2. The molecule has 1 saturated carbocycles. The summed E-state index contributed by atoms with van der Waals surface area (Å²) >= 11 is 0. The minimum absolute atomic E-state index is 0. The zero-order valence-electron chi connectivity index (χ0n) is 11.7. The van der Waals surface area contributed by atoms with Crippen molar-refractivity contribution >= 4 is 22.4 Å². The highest BCUT2D eigenvalue weighted by molar-refractivity contribution is 7.89. The van der Waals surface area contributed by atoms with Gasteiger partial charge in [-0.1, -0.05) is 0 Å². The predicted octanol–water partition coefficient (Wildman–Crippen LogP) is 1.31. The number of aryl methyl sites for hydroxylation is 1. The standard InChI is InChI=1S/C13H18N2O4S.ClH/c1-9-5-10-11(19-8-18-10)6-12(9)20(16,17)15-7-13(14)3-2-4-13;/h5-6,15H,2-4,7-8,14H2,1H3;1H. The lowest BCUT2D eigenvalue weighted by molar-refractivity contribution is 0.174. The molecule has 1 heterocycles. The average Bonchev–Trinajstić information content (AvgIpc) is 2.80. The van der Waals surface area contributed by atoms with Crippen LogP contribution in [-0.4, -0.2) is 27.3 Å². The molecule has 21 heavy (non-hydrogen) atoms. The molecule has 0 unspecified atom stereocenters. The molecule has 2 aliphatic rings. The largest absolute Gasteiger partial charge is 0.454 e. The van der Waals surface area contributed by atoms with Gasteiger partial charge in [-0.05, 0) is 37.8 Å². The maximum Gasteiger partial charge on any atom is 0.241 e. The maximum absolute atomic E-state index is 12.4. The van der Waals surface area contributed by atoms with Crippen LogP contribution in [0.5, 0.6) is 11.5 Å². The van der Waals surface area contributed by atoms with E-state index in [2.05, 4.69) is 4.72 Å². The number of nitrogens with one attached hydrogen (secondary N) is 1. The summed E-state index contributed by atoms with van der Waals surface area (Å²) in [5, 5.41) is 0. The van der Waals surface area contributed by atoms with Crippen LogP contribution in [0, 0.1) is 6.92 Å². The van der Waals surface area contributed by atoms with Crippen molar-refractivity contribution in [1.82, 2.24) is 4.72 Å². The summed E-state index contributed by atoms with van der Waals surface area (Å²) in [5.41, 5.74) is 6.28. The lowest BCUT2D eigenvalue weighted by Crippen LogP contribution is -2.54. The third-order valence-corrected chi connectivity index (χ3v) is 5.47. The molecule has 1 aliphatic heterocycles. The van der Waals surface area contributed by atoms with Gasteiger partial charge in [-0.25, -0.2) is 13.1 Å². The van der Waals surface area contributed by atoms with Crippen LogP contribution in [0.25, 0.3) is 0 Å². The summed E-state index contributed by atoms with van der Waals surface area (Å²) in [7, 11) is -3.59. The van der Waals surface area contributed by atoms with Crippen molar-refractivity contribution in [2.45, 2.75) is 36.6 Å². The molecule has 1 aromatic carbocycles. The van der Waals surface area contributed by atoms with Crippen LogP contribution in [-0.2, 0) is 10.0 Å². The second kappa shape index (κ2) is 5.64. The Hall–Kier alpha value is -1.02. The molecule has 1 aromatic rings. The van der Waals surface area contributed by atoms with Gasteiger partial charge in [-0.15, -0.1) is 12.4 Å². The van der Waals surface area contributed by atoms with Gasteiger partial charge in [0, 0.05) is 18.2 Å². The number of nitrogens with two attached hydrogens (primary N) is 1. The summed E-state index contributed by atoms with van der Waals surface area (Å²) in [6, 6.07) is 3.18. The first kappa shape index (κ1) is 16.4. The Bertz CT molecular complexity index is 644. The zero-order valence-corrected chi connectivity index (χ0v) is 13.4. The molecule has 1 aliphatic carbocycles. The summed E-state index contributed by atoms with van der Waals surface area (Å²) in [6.07, 6.45) is 2.77. The predicted molar refractivity (Wildman–Crippen MR) is 80.5 cm³/mol. The van der Waals surface area contributed by atoms with Crippen molar-refractivity contribution in [2.24, 2.45) is 5.73 Å². The third-order valence-electron chi connectivity index (χ3n) is 3.92. The van der Waals surface area contributed by atoms with Gasteiger partial charge in [-0.2, -0.15) is 0 Å². The highest BCUT2D eigenvalue weighted by atomic mass is 35.5.